The van der Waals surface area contributed by atoms with E-state index in [0.29, 0.717) is 18.7 Å². The van der Waals surface area contributed by atoms with Crippen molar-refractivity contribution in [1.29, 1.82) is 0 Å². The van der Waals surface area contributed by atoms with Crippen molar-refractivity contribution in [2.75, 3.05) is 18.5 Å². The first-order valence-electron chi connectivity index (χ1n) is 8.39. The van der Waals surface area contributed by atoms with Crippen LogP contribution in [0.25, 0.3) is 5.69 Å². The first-order valence-corrected chi connectivity index (χ1v) is 8.39. The predicted molar refractivity (Wildman–Crippen MR) is 95.3 cm³/mol. The summed E-state index contributed by atoms with van der Waals surface area (Å²) in [5.41, 5.74) is 1.44. The number of amides is 2. The summed E-state index contributed by atoms with van der Waals surface area (Å²) in [6, 6.07) is 9.10. The highest BCUT2D eigenvalue weighted by molar-refractivity contribution is 5.91. The number of benzene rings is 1. The van der Waals surface area contributed by atoms with Gasteiger partial charge in [0.15, 0.2) is 0 Å². The molecule has 1 heterocycles. The van der Waals surface area contributed by atoms with Crippen LogP contribution < -0.4 is 10.6 Å². The number of hydrogen-bond acceptors (Lipinski definition) is 3. The van der Waals surface area contributed by atoms with Gasteiger partial charge in [0.1, 0.15) is 0 Å². The van der Waals surface area contributed by atoms with E-state index in [9.17, 15) is 9.90 Å². The molecule has 24 heavy (non-hydrogen) atoms. The van der Waals surface area contributed by atoms with Crippen LogP contribution in [0.2, 0.25) is 0 Å². The van der Waals surface area contributed by atoms with Crippen LogP contribution in [0.1, 0.15) is 33.1 Å². The van der Waals surface area contributed by atoms with E-state index in [1.54, 1.807) is 10.9 Å². The van der Waals surface area contributed by atoms with Gasteiger partial charge in [0.05, 0.1) is 11.4 Å². The number of nitrogens with zero attached hydrogens (tertiary/aromatic N) is 2. The standard InChI is InChI=1S/C18H26N4O2/c1-3-18(4-2,10-13-23)14-19-17(24)21-15-8-5-6-9-16(15)22-12-7-11-20-22/h5-9,11-12,23H,3-4,10,13-14H2,1-2H3,(H2,19,21,24). The average molecular weight is 330 g/mol. The minimum absolute atomic E-state index is 0.0619. The molecule has 0 unspecified atom stereocenters. The zero-order valence-electron chi connectivity index (χ0n) is 14.3. The highest BCUT2D eigenvalue weighted by Gasteiger charge is 2.26. The highest BCUT2D eigenvalue weighted by atomic mass is 16.3. The monoisotopic (exact) mass is 330 g/mol. The number of para-hydroxylation sites is 2. The molecule has 6 heteroatoms. The lowest BCUT2D eigenvalue weighted by Crippen LogP contribution is -2.39. The topological polar surface area (TPSA) is 79.2 Å². The van der Waals surface area contributed by atoms with Crippen LogP contribution in [0, 0.1) is 5.41 Å². The van der Waals surface area contributed by atoms with Gasteiger partial charge in [-0.15, -0.1) is 0 Å². The first-order chi connectivity index (χ1) is 11.6. The molecule has 0 fully saturated rings. The highest BCUT2D eigenvalue weighted by Crippen LogP contribution is 2.29. The van der Waals surface area contributed by atoms with Crippen LogP contribution in [0.5, 0.6) is 0 Å². The second kappa shape index (κ2) is 8.49. The molecular weight excluding hydrogens is 304 g/mol. The van der Waals surface area contributed by atoms with Crippen molar-refractivity contribution in [2.45, 2.75) is 33.1 Å². The fourth-order valence-corrected chi connectivity index (χ4v) is 2.80. The molecule has 0 spiro atoms. The fourth-order valence-electron chi connectivity index (χ4n) is 2.80. The number of rotatable bonds is 8. The van der Waals surface area contributed by atoms with Crippen molar-refractivity contribution in [3.8, 4) is 5.69 Å². The summed E-state index contributed by atoms with van der Waals surface area (Å²) < 4.78 is 1.71. The van der Waals surface area contributed by atoms with Gasteiger partial charge in [0.2, 0.25) is 0 Å². The van der Waals surface area contributed by atoms with Gasteiger partial charge in [-0.05, 0) is 42.9 Å². The maximum atomic E-state index is 12.3. The maximum Gasteiger partial charge on any atom is 0.319 e. The Balaban J connectivity index is 2.03. The summed E-state index contributed by atoms with van der Waals surface area (Å²) in [5.74, 6) is 0. The maximum absolute atomic E-state index is 12.3. The second-order valence-corrected chi connectivity index (χ2v) is 5.96. The summed E-state index contributed by atoms with van der Waals surface area (Å²) >= 11 is 0. The number of hydrogen-bond donors (Lipinski definition) is 3. The van der Waals surface area contributed by atoms with Crippen LogP contribution in [0.15, 0.2) is 42.7 Å². The lowest BCUT2D eigenvalue weighted by molar-refractivity contribution is 0.165. The van der Waals surface area contributed by atoms with Crippen LogP contribution in [0.4, 0.5) is 10.5 Å². The predicted octanol–water partition coefficient (Wildman–Crippen LogP) is 3.18. The number of aliphatic hydroxyl groups excluding tert-OH is 1. The SMILES string of the molecule is CCC(CC)(CCO)CNC(=O)Nc1ccccc1-n1cccn1. The zero-order valence-corrected chi connectivity index (χ0v) is 14.3. The Labute approximate surface area is 142 Å². The van der Waals surface area contributed by atoms with Crippen molar-refractivity contribution in [3.63, 3.8) is 0 Å². The van der Waals surface area contributed by atoms with Gasteiger partial charge in [-0.2, -0.15) is 5.10 Å². The first kappa shape index (κ1) is 18.0. The smallest absolute Gasteiger partial charge is 0.319 e. The number of urea groups is 1. The molecule has 0 aliphatic rings. The van der Waals surface area contributed by atoms with Crippen LogP contribution in [-0.4, -0.2) is 34.1 Å². The molecular formula is C18H26N4O2. The molecule has 0 aliphatic heterocycles. The van der Waals surface area contributed by atoms with Gasteiger partial charge in [0.25, 0.3) is 0 Å². The Hall–Kier alpha value is -2.34. The number of aliphatic hydroxyl groups is 1. The molecule has 3 N–H and O–H groups in total. The number of aromatic nitrogens is 2. The minimum atomic E-state index is -0.251. The molecule has 1 aromatic heterocycles. The molecule has 0 saturated carbocycles. The average Bonchev–Trinajstić information content (AvgIpc) is 3.14. The van der Waals surface area contributed by atoms with Gasteiger partial charge in [-0.3, -0.25) is 0 Å². The van der Waals surface area contributed by atoms with E-state index in [-0.39, 0.29) is 18.1 Å². The quantitative estimate of drug-likeness (QED) is 0.695. The summed E-state index contributed by atoms with van der Waals surface area (Å²) in [6.07, 6.45) is 6.04. The van der Waals surface area contributed by atoms with Gasteiger partial charge < -0.3 is 15.7 Å². The minimum Gasteiger partial charge on any atom is -0.396 e. The van der Waals surface area contributed by atoms with Gasteiger partial charge in [0, 0.05) is 25.5 Å². The Morgan fingerprint density at radius 2 is 2.00 bits per heavy atom. The van der Waals surface area contributed by atoms with Crippen LogP contribution in [0.3, 0.4) is 0 Å². The zero-order chi connectivity index (χ0) is 17.4. The molecule has 6 nitrogen and oxygen atoms in total. The van der Waals surface area contributed by atoms with E-state index in [0.717, 1.165) is 18.5 Å². The Morgan fingerprint density at radius 1 is 1.25 bits per heavy atom. The van der Waals surface area contributed by atoms with E-state index >= 15 is 0 Å². The summed E-state index contributed by atoms with van der Waals surface area (Å²) in [5, 5.41) is 19.3. The molecule has 0 radical (unpaired) electrons. The molecule has 0 bridgehead atoms. The number of nitrogens with one attached hydrogen (secondary N) is 2. The Bertz CT molecular complexity index is 636. The molecule has 0 atom stereocenters. The van der Waals surface area contributed by atoms with Crippen molar-refractivity contribution in [3.05, 3.63) is 42.7 Å². The number of anilines is 1. The third-order valence-corrected chi connectivity index (χ3v) is 4.67. The van der Waals surface area contributed by atoms with Crippen LogP contribution >= 0.6 is 0 Å². The molecule has 1 aromatic carbocycles. The molecule has 2 aromatic rings. The van der Waals surface area contributed by atoms with E-state index in [1.165, 1.54) is 0 Å². The van der Waals surface area contributed by atoms with E-state index in [1.807, 2.05) is 36.5 Å². The van der Waals surface area contributed by atoms with Gasteiger partial charge in [-0.1, -0.05) is 26.0 Å². The third kappa shape index (κ3) is 4.35. The van der Waals surface area contributed by atoms with Gasteiger partial charge >= 0.3 is 6.03 Å². The molecule has 130 valence electrons. The number of carbonyl (C=O) groups is 1. The lowest BCUT2D eigenvalue weighted by Gasteiger charge is -2.31. The van der Waals surface area contributed by atoms with E-state index in [4.69, 9.17) is 0 Å². The van der Waals surface area contributed by atoms with Gasteiger partial charge in [-0.25, -0.2) is 9.48 Å². The molecule has 2 rings (SSSR count). The summed E-state index contributed by atoms with van der Waals surface area (Å²) in [6.45, 7) is 4.85. The molecule has 0 saturated heterocycles. The van der Waals surface area contributed by atoms with E-state index in [2.05, 4.69) is 29.6 Å². The molecule has 2 amide bonds. The normalized spacial score (nSPS) is 11.3. The Kier molecular flexibility index (Phi) is 6.37. The van der Waals surface area contributed by atoms with Crippen molar-refractivity contribution < 1.29 is 9.90 Å². The summed E-state index contributed by atoms with van der Waals surface area (Å²) in [7, 11) is 0. The van der Waals surface area contributed by atoms with Crippen molar-refractivity contribution >= 4 is 11.7 Å². The Morgan fingerprint density at radius 3 is 2.62 bits per heavy atom. The fraction of sp³-hybridized carbons (Fsp3) is 0.444. The third-order valence-electron chi connectivity index (χ3n) is 4.67. The van der Waals surface area contributed by atoms with Crippen molar-refractivity contribution in [1.82, 2.24) is 15.1 Å². The number of carbonyl (C=O) groups excluding carboxylic acids is 1. The largest absolute Gasteiger partial charge is 0.396 e. The molecule has 0 aliphatic carbocycles. The van der Waals surface area contributed by atoms with E-state index < -0.39 is 0 Å². The summed E-state index contributed by atoms with van der Waals surface area (Å²) in [4.78, 5) is 12.3. The van der Waals surface area contributed by atoms with Crippen LogP contribution in [-0.2, 0) is 0 Å². The lowest BCUT2D eigenvalue weighted by atomic mass is 9.79. The van der Waals surface area contributed by atoms with Crippen molar-refractivity contribution in [2.24, 2.45) is 5.41 Å². The second-order valence-electron chi connectivity index (χ2n) is 5.96.